The van der Waals surface area contributed by atoms with Gasteiger partial charge < -0.3 is 0 Å². The molecule has 3 rings (SSSR count). The molecule has 0 heterocycles. The van der Waals surface area contributed by atoms with Crippen LogP contribution in [0.5, 0.6) is 0 Å². The molecule has 3 aromatic carbocycles. The number of hydrogen-bond acceptors (Lipinski definition) is 1. The molecule has 0 saturated carbocycles. The molecule has 0 spiro atoms. The van der Waals surface area contributed by atoms with Crippen LogP contribution >= 0.6 is 0 Å². The van der Waals surface area contributed by atoms with Crippen LogP contribution in [0.4, 0.5) is 0 Å². The van der Waals surface area contributed by atoms with Gasteiger partial charge in [-0.05, 0) is 0 Å². The fraction of sp³-hybridized carbons (Fsp3) is 0.357. The van der Waals surface area contributed by atoms with Gasteiger partial charge in [-0.15, -0.1) is 0 Å². The summed E-state index contributed by atoms with van der Waals surface area (Å²) in [5.74, 6) is 0.520. The predicted molar refractivity (Wildman–Crippen MR) is 144 cm³/mol. The summed E-state index contributed by atoms with van der Waals surface area (Å²) in [5.41, 5.74) is 1.43. The molecule has 0 saturated heterocycles. The van der Waals surface area contributed by atoms with E-state index in [1.54, 1.807) is 0 Å². The molecule has 0 N–H and O–H groups in total. The quantitative estimate of drug-likeness (QED) is 0.284. The number of benzene rings is 3. The Balaban J connectivity index is 1.89. The normalized spacial score (nSPS) is 13.3. The molecule has 0 amide bonds. The van der Waals surface area contributed by atoms with Crippen LogP contribution in [-0.2, 0) is 10.8 Å². The summed E-state index contributed by atoms with van der Waals surface area (Å²) in [6, 6.07) is 33.2. The second-order valence-corrected chi connectivity index (χ2v) is 21.2. The third-order valence-electron chi connectivity index (χ3n) is 6.18. The van der Waals surface area contributed by atoms with E-state index >= 15 is 0 Å². The van der Waals surface area contributed by atoms with Crippen LogP contribution < -0.4 is 8.92 Å². The molecule has 0 fully saturated rings. The topological polar surface area (TPSA) is 9.23 Å². The van der Waals surface area contributed by atoms with Gasteiger partial charge in [-0.3, -0.25) is 0 Å². The first-order valence-corrected chi connectivity index (χ1v) is 18.0. The molecule has 3 aromatic rings. The van der Waals surface area contributed by atoms with Crippen LogP contribution in [0.2, 0.25) is 21.8 Å². The van der Waals surface area contributed by atoms with E-state index in [1.807, 2.05) is 0 Å². The molecule has 0 aliphatic rings. The van der Waals surface area contributed by atoms with Gasteiger partial charge in [0.1, 0.15) is 0 Å². The maximum absolute atomic E-state index is 6.84. The Hall–Kier alpha value is -1.12. The van der Waals surface area contributed by atoms with Gasteiger partial charge in [0.25, 0.3) is 0 Å². The van der Waals surface area contributed by atoms with E-state index < -0.39 is 8.32 Å². The van der Waals surface area contributed by atoms with Gasteiger partial charge in [-0.2, -0.15) is 0 Å². The zero-order chi connectivity index (χ0) is 23.0. The van der Waals surface area contributed by atoms with E-state index in [2.05, 4.69) is 125 Å². The van der Waals surface area contributed by atoms with Gasteiger partial charge in [0.05, 0.1) is 0 Å². The van der Waals surface area contributed by atoms with E-state index in [9.17, 15) is 0 Å². The van der Waals surface area contributed by atoms with Crippen LogP contribution in [-0.4, -0.2) is 44.8 Å². The molecule has 0 aromatic heterocycles. The number of rotatable bonds is 10. The molecule has 0 radical (unpaired) electrons. The molecule has 0 aliphatic heterocycles. The summed E-state index contributed by atoms with van der Waals surface area (Å²) in [4.78, 5) is 0. The molecular weight excluding hydrogens is 538 g/mol. The van der Waals surface area contributed by atoms with Crippen LogP contribution in [0.15, 0.2) is 91.0 Å². The van der Waals surface area contributed by atoms with E-state index in [0.717, 1.165) is 13.0 Å². The molecule has 0 bridgehead atoms. The summed E-state index contributed by atoms with van der Waals surface area (Å²) in [7, 11) is -1.80. The van der Waals surface area contributed by atoms with Crippen molar-refractivity contribution in [3.05, 3.63) is 96.6 Å². The zero-order valence-electron chi connectivity index (χ0n) is 20.0. The predicted octanol–water partition coefficient (Wildman–Crippen LogP) is 5.67. The van der Waals surface area contributed by atoms with E-state index in [-0.39, 0.29) is 5.04 Å². The van der Waals surface area contributed by atoms with Crippen LogP contribution in [0, 0.1) is 5.92 Å². The summed E-state index contributed by atoms with van der Waals surface area (Å²) in [5, 5.41) is 0.231. The molecule has 170 valence electrons. The monoisotopic (exact) mass is 576 g/mol. The summed E-state index contributed by atoms with van der Waals surface area (Å²) < 4.78 is 10.5. The second-order valence-electron chi connectivity index (χ2n) is 9.75. The Morgan fingerprint density at radius 1 is 0.719 bits per heavy atom. The van der Waals surface area contributed by atoms with E-state index in [4.69, 9.17) is 4.43 Å². The average Bonchev–Trinajstić information content (AvgIpc) is 2.77. The van der Waals surface area contributed by atoms with Crippen LogP contribution in [0.1, 0.15) is 26.3 Å². The van der Waals surface area contributed by atoms with E-state index in [1.165, 1.54) is 14.5 Å². The molecule has 32 heavy (non-hydrogen) atoms. The first-order chi connectivity index (χ1) is 15.2. The summed E-state index contributed by atoms with van der Waals surface area (Å²) in [6.07, 6.45) is 1.09. The van der Waals surface area contributed by atoms with Crippen LogP contribution in [0.25, 0.3) is 0 Å². The minimum atomic E-state index is -1.80. The van der Waals surface area contributed by atoms with Gasteiger partial charge in [0, 0.05) is 0 Å². The van der Waals surface area contributed by atoms with Gasteiger partial charge in [0.2, 0.25) is 0 Å². The van der Waals surface area contributed by atoms with Crippen molar-refractivity contribution in [3.63, 3.8) is 0 Å². The Morgan fingerprint density at radius 3 is 1.59 bits per heavy atom. The van der Waals surface area contributed by atoms with Crippen molar-refractivity contribution in [2.24, 2.45) is 5.92 Å². The first-order valence-electron chi connectivity index (χ1n) is 11.4. The number of hydrogen-bond donors (Lipinski definition) is 0. The molecule has 1 nitrogen and oxygen atoms in total. The molecule has 0 aliphatic carbocycles. The molecular formula is C28H36OSe2Si. The van der Waals surface area contributed by atoms with Crippen molar-refractivity contribution >= 4 is 47.2 Å². The SMILES string of the molecule is CC(C)(C)[Si](C)(C)OC[C@H](Cc1ccccc1)C([Se]c1ccccc1)[Se]c1ccccc1. The average molecular weight is 575 g/mol. The maximum atomic E-state index is 6.84. The Morgan fingerprint density at radius 2 is 1.16 bits per heavy atom. The van der Waals surface area contributed by atoms with Gasteiger partial charge >= 0.3 is 210 Å². The molecule has 1 atom stereocenters. The van der Waals surface area contributed by atoms with Crippen molar-refractivity contribution in [1.82, 2.24) is 0 Å². The standard InChI is InChI=1S/C28H36OSe2Si/c1-28(2,3)32(4,5)29-22-24(21-23-15-9-6-10-16-23)27(30-25-17-11-7-12-18-25)31-26-19-13-8-14-20-26/h6-20,24,27H,21-22H2,1-5H3/t24-/m0/s1. The van der Waals surface area contributed by atoms with Crippen molar-refractivity contribution < 1.29 is 4.43 Å². The third kappa shape index (κ3) is 7.73. The van der Waals surface area contributed by atoms with Gasteiger partial charge in [-0.25, -0.2) is 0 Å². The first kappa shape index (κ1) is 25.5. The fourth-order valence-corrected chi connectivity index (χ4v) is 11.3. The van der Waals surface area contributed by atoms with Crippen LogP contribution in [0.3, 0.4) is 0 Å². The Kier molecular flexibility index (Phi) is 9.43. The fourth-order valence-electron chi connectivity index (χ4n) is 3.17. The Bertz CT molecular complexity index is 882. The Labute approximate surface area is 208 Å². The summed E-state index contributed by atoms with van der Waals surface area (Å²) in [6.45, 7) is 12.6. The van der Waals surface area contributed by atoms with Crippen molar-refractivity contribution in [2.75, 3.05) is 6.61 Å². The van der Waals surface area contributed by atoms with Gasteiger partial charge in [0.15, 0.2) is 0 Å². The molecule has 0 unspecified atom stereocenters. The third-order valence-corrected chi connectivity index (χ3v) is 17.7. The van der Waals surface area contributed by atoms with E-state index in [0.29, 0.717) is 39.5 Å². The second kappa shape index (κ2) is 11.8. The van der Waals surface area contributed by atoms with Crippen molar-refractivity contribution in [2.45, 2.75) is 49.0 Å². The molecule has 4 heteroatoms. The van der Waals surface area contributed by atoms with Crippen molar-refractivity contribution in [1.29, 1.82) is 0 Å². The van der Waals surface area contributed by atoms with Gasteiger partial charge in [-0.1, -0.05) is 0 Å². The zero-order valence-corrected chi connectivity index (χ0v) is 24.4. The van der Waals surface area contributed by atoms with Crippen molar-refractivity contribution in [3.8, 4) is 0 Å². The summed E-state index contributed by atoms with van der Waals surface area (Å²) >= 11 is 0.820. The minimum absolute atomic E-state index is 0.231.